The highest BCUT2D eigenvalue weighted by atomic mass is 16.2. The molecule has 2 rings (SSSR count). The molecular weight excluding hydrogens is 308 g/mol. The van der Waals surface area contributed by atoms with E-state index in [-0.39, 0.29) is 24.4 Å². The van der Waals surface area contributed by atoms with Crippen LogP contribution >= 0.6 is 0 Å². The van der Waals surface area contributed by atoms with Gasteiger partial charge in [0, 0.05) is 25.7 Å². The number of rotatable bonds is 6. The smallest absolute Gasteiger partial charge is 0.325 e. The number of imide groups is 1. The summed E-state index contributed by atoms with van der Waals surface area (Å²) in [6.45, 7) is 10.6. The molecule has 2 N–H and O–H groups in total. The zero-order chi connectivity index (χ0) is 17.9. The molecule has 7 nitrogen and oxygen atoms in total. The minimum absolute atomic E-state index is 0.0338. The van der Waals surface area contributed by atoms with Gasteiger partial charge in [-0.1, -0.05) is 20.8 Å². The Balaban J connectivity index is 1.95. The number of likely N-dealkylation sites (tertiary alicyclic amines) is 1. The first kappa shape index (κ1) is 18.7. The highest BCUT2D eigenvalue weighted by molar-refractivity contribution is 6.09. The normalized spacial score (nSPS) is 22.1. The maximum Gasteiger partial charge on any atom is 0.325 e. The number of amides is 4. The number of urea groups is 1. The molecule has 0 aromatic rings. The fraction of sp³-hybridized carbons (Fsp3) is 0.824. The fourth-order valence-corrected chi connectivity index (χ4v) is 3.36. The standard InChI is InChI=1S/C17H30N4O3/c1-5-13(4)18-14(22)11-21-15(23)17(19-16(21)24)6-8-20(9-7-17)10-12(2)3/h12-13H,5-11H2,1-4H3,(H,18,22)(H,19,24). The van der Waals surface area contributed by atoms with Gasteiger partial charge in [-0.25, -0.2) is 4.79 Å². The zero-order valence-corrected chi connectivity index (χ0v) is 15.2. The van der Waals surface area contributed by atoms with Crippen molar-refractivity contribution < 1.29 is 14.4 Å². The van der Waals surface area contributed by atoms with Crippen LogP contribution in [0.4, 0.5) is 4.79 Å². The molecule has 136 valence electrons. The molecule has 2 saturated heterocycles. The van der Waals surface area contributed by atoms with E-state index in [4.69, 9.17) is 0 Å². The number of carbonyl (C=O) groups is 3. The van der Waals surface area contributed by atoms with E-state index in [1.54, 1.807) is 0 Å². The second-order valence-electron chi connectivity index (χ2n) is 7.47. The molecule has 0 saturated carbocycles. The molecule has 2 aliphatic heterocycles. The van der Waals surface area contributed by atoms with Crippen LogP contribution in [0.5, 0.6) is 0 Å². The second-order valence-corrected chi connectivity index (χ2v) is 7.47. The van der Waals surface area contributed by atoms with E-state index in [0.717, 1.165) is 31.0 Å². The molecule has 24 heavy (non-hydrogen) atoms. The van der Waals surface area contributed by atoms with E-state index < -0.39 is 11.6 Å². The third-order valence-electron chi connectivity index (χ3n) is 4.90. The quantitative estimate of drug-likeness (QED) is 0.706. The highest BCUT2D eigenvalue weighted by Crippen LogP contribution is 2.29. The topological polar surface area (TPSA) is 81.8 Å². The molecule has 2 fully saturated rings. The number of carbonyl (C=O) groups excluding carboxylic acids is 3. The molecule has 1 spiro atoms. The molecule has 2 aliphatic rings. The predicted octanol–water partition coefficient (Wildman–Crippen LogP) is 0.944. The van der Waals surface area contributed by atoms with E-state index in [1.165, 1.54) is 0 Å². The lowest BCUT2D eigenvalue weighted by Gasteiger charge is -2.37. The summed E-state index contributed by atoms with van der Waals surface area (Å²) < 4.78 is 0. The SMILES string of the molecule is CCC(C)NC(=O)CN1C(=O)NC2(CCN(CC(C)C)CC2)C1=O. The first-order valence-electron chi connectivity index (χ1n) is 8.93. The summed E-state index contributed by atoms with van der Waals surface area (Å²) in [4.78, 5) is 40.4. The molecule has 0 radical (unpaired) electrons. The minimum Gasteiger partial charge on any atom is -0.352 e. The van der Waals surface area contributed by atoms with Gasteiger partial charge in [-0.3, -0.25) is 14.5 Å². The fourth-order valence-electron chi connectivity index (χ4n) is 3.36. The summed E-state index contributed by atoms with van der Waals surface area (Å²) >= 11 is 0. The maximum absolute atomic E-state index is 12.8. The number of nitrogens with one attached hydrogen (secondary N) is 2. The van der Waals surface area contributed by atoms with Crippen molar-refractivity contribution >= 4 is 17.8 Å². The summed E-state index contributed by atoms with van der Waals surface area (Å²) in [6, 6.07) is -0.414. The molecule has 4 amide bonds. The van der Waals surface area contributed by atoms with Crippen molar-refractivity contribution in [2.24, 2.45) is 5.92 Å². The van der Waals surface area contributed by atoms with Crippen LogP contribution in [0.1, 0.15) is 47.0 Å². The summed E-state index contributed by atoms with van der Waals surface area (Å²) in [5.74, 6) is 0.0341. The minimum atomic E-state index is -0.818. The van der Waals surface area contributed by atoms with E-state index in [2.05, 4.69) is 29.4 Å². The van der Waals surface area contributed by atoms with Crippen LogP contribution in [0.15, 0.2) is 0 Å². The van der Waals surface area contributed by atoms with Crippen molar-refractivity contribution in [1.82, 2.24) is 20.4 Å². The lowest BCUT2D eigenvalue weighted by atomic mass is 9.87. The average Bonchev–Trinajstić information content (AvgIpc) is 2.73. The van der Waals surface area contributed by atoms with Crippen LogP contribution < -0.4 is 10.6 Å². The Morgan fingerprint density at radius 3 is 2.42 bits per heavy atom. The second kappa shape index (κ2) is 7.51. The largest absolute Gasteiger partial charge is 0.352 e. The Hall–Kier alpha value is -1.63. The molecule has 0 aromatic heterocycles. The molecular formula is C17H30N4O3. The van der Waals surface area contributed by atoms with Crippen molar-refractivity contribution in [3.63, 3.8) is 0 Å². The van der Waals surface area contributed by atoms with Gasteiger partial charge in [0.1, 0.15) is 12.1 Å². The van der Waals surface area contributed by atoms with Crippen LogP contribution in [0.25, 0.3) is 0 Å². The Morgan fingerprint density at radius 2 is 1.88 bits per heavy atom. The summed E-state index contributed by atoms with van der Waals surface area (Å²) in [7, 11) is 0. The van der Waals surface area contributed by atoms with Crippen molar-refractivity contribution in [2.45, 2.75) is 58.5 Å². The van der Waals surface area contributed by atoms with Crippen molar-refractivity contribution in [3.8, 4) is 0 Å². The summed E-state index contributed by atoms with van der Waals surface area (Å²) in [5.41, 5.74) is -0.818. The third kappa shape index (κ3) is 4.06. The number of hydrogen-bond donors (Lipinski definition) is 2. The van der Waals surface area contributed by atoms with E-state index in [9.17, 15) is 14.4 Å². The van der Waals surface area contributed by atoms with Crippen LogP contribution in [0, 0.1) is 5.92 Å². The van der Waals surface area contributed by atoms with Crippen LogP contribution in [0.2, 0.25) is 0 Å². The van der Waals surface area contributed by atoms with Gasteiger partial charge >= 0.3 is 6.03 Å². The van der Waals surface area contributed by atoms with Gasteiger partial charge in [0.05, 0.1) is 0 Å². The van der Waals surface area contributed by atoms with Crippen molar-refractivity contribution in [2.75, 3.05) is 26.2 Å². The van der Waals surface area contributed by atoms with E-state index >= 15 is 0 Å². The number of hydrogen-bond acceptors (Lipinski definition) is 4. The highest BCUT2D eigenvalue weighted by Gasteiger charge is 2.52. The van der Waals surface area contributed by atoms with Crippen molar-refractivity contribution in [3.05, 3.63) is 0 Å². The van der Waals surface area contributed by atoms with E-state index in [1.807, 2.05) is 13.8 Å². The Labute approximate surface area is 144 Å². The van der Waals surface area contributed by atoms with E-state index in [0.29, 0.717) is 18.8 Å². The van der Waals surface area contributed by atoms with Crippen LogP contribution in [-0.4, -0.2) is 65.4 Å². The van der Waals surface area contributed by atoms with Crippen LogP contribution in [0.3, 0.4) is 0 Å². The summed E-state index contributed by atoms with van der Waals surface area (Å²) in [5, 5.41) is 5.64. The third-order valence-corrected chi connectivity index (χ3v) is 4.90. The monoisotopic (exact) mass is 338 g/mol. The van der Waals surface area contributed by atoms with Gasteiger partial charge in [0.2, 0.25) is 5.91 Å². The number of piperidine rings is 1. The van der Waals surface area contributed by atoms with Gasteiger partial charge in [0.25, 0.3) is 5.91 Å². The summed E-state index contributed by atoms with van der Waals surface area (Å²) in [6.07, 6.45) is 2.02. The van der Waals surface area contributed by atoms with Gasteiger partial charge in [-0.05, 0) is 32.1 Å². The Kier molecular flexibility index (Phi) is 5.85. The molecule has 1 unspecified atom stereocenters. The van der Waals surface area contributed by atoms with Crippen LogP contribution in [-0.2, 0) is 9.59 Å². The first-order chi connectivity index (χ1) is 11.3. The Bertz CT molecular complexity index is 498. The molecule has 0 bridgehead atoms. The molecule has 0 aliphatic carbocycles. The molecule has 0 aromatic carbocycles. The predicted molar refractivity (Wildman–Crippen MR) is 91.4 cm³/mol. The lowest BCUT2D eigenvalue weighted by molar-refractivity contribution is -0.136. The van der Waals surface area contributed by atoms with Gasteiger partial charge in [-0.15, -0.1) is 0 Å². The van der Waals surface area contributed by atoms with Crippen molar-refractivity contribution in [1.29, 1.82) is 0 Å². The number of nitrogens with zero attached hydrogens (tertiary/aromatic N) is 2. The maximum atomic E-state index is 12.8. The molecule has 7 heteroatoms. The van der Waals surface area contributed by atoms with Gasteiger partial charge in [-0.2, -0.15) is 0 Å². The lowest BCUT2D eigenvalue weighted by Crippen LogP contribution is -2.55. The Morgan fingerprint density at radius 1 is 1.25 bits per heavy atom. The van der Waals surface area contributed by atoms with Gasteiger partial charge in [0.15, 0.2) is 0 Å². The first-order valence-corrected chi connectivity index (χ1v) is 8.93. The molecule has 2 heterocycles. The average molecular weight is 338 g/mol. The van der Waals surface area contributed by atoms with Gasteiger partial charge < -0.3 is 15.5 Å². The zero-order valence-electron chi connectivity index (χ0n) is 15.2. The molecule has 1 atom stereocenters.